The summed E-state index contributed by atoms with van der Waals surface area (Å²) in [6, 6.07) is 24.7. The first-order chi connectivity index (χ1) is 17.7. The summed E-state index contributed by atoms with van der Waals surface area (Å²) >= 11 is 1.35. The number of hydrogen-bond acceptors (Lipinski definition) is 7. The summed E-state index contributed by atoms with van der Waals surface area (Å²) in [7, 11) is 0. The summed E-state index contributed by atoms with van der Waals surface area (Å²) in [5, 5.41) is 15.0. The van der Waals surface area contributed by atoms with Gasteiger partial charge in [0.15, 0.2) is 10.9 Å². The van der Waals surface area contributed by atoms with Crippen LogP contribution in [0.3, 0.4) is 0 Å². The van der Waals surface area contributed by atoms with Crippen LogP contribution in [0.1, 0.15) is 16.2 Å². The molecule has 0 spiro atoms. The fourth-order valence-corrected chi connectivity index (χ4v) is 4.20. The number of hydrogen-bond donors (Lipinski definition) is 2. The molecular weight excluding hydrogens is 477 g/mol. The average Bonchev–Trinajstić information content (AvgIpc) is 3.34. The van der Waals surface area contributed by atoms with Gasteiger partial charge in [-0.05, 0) is 66.7 Å². The second-order valence-corrected chi connectivity index (χ2v) is 8.56. The van der Waals surface area contributed by atoms with E-state index in [-0.39, 0.29) is 11.5 Å². The average molecular weight is 498 g/mol. The Balaban J connectivity index is 1.36. The highest BCUT2D eigenvalue weighted by Gasteiger charge is 2.21. The Kier molecular flexibility index (Phi) is 6.95. The SMILES string of the molecule is O=C(Nc1ccc(Nc2ccccc2)cc1)c1nnn(-c2ccc(F)cc2)c1CSc1ncccn1. The van der Waals surface area contributed by atoms with Crippen molar-refractivity contribution in [2.45, 2.75) is 10.9 Å². The van der Waals surface area contributed by atoms with Crippen LogP contribution in [0.2, 0.25) is 0 Å². The Morgan fingerprint density at radius 1 is 0.833 bits per heavy atom. The molecule has 0 saturated carbocycles. The van der Waals surface area contributed by atoms with Gasteiger partial charge in [-0.2, -0.15) is 0 Å². The number of rotatable bonds is 8. The van der Waals surface area contributed by atoms with Gasteiger partial charge in [0.2, 0.25) is 0 Å². The van der Waals surface area contributed by atoms with E-state index >= 15 is 0 Å². The van der Waals surface area contributed by atoms with Crippen LogP contribution in [0.5, 0.6) is 0 Å². The van der Waals surface area contributed by atoms with Crippen LogP contribution in [0, 0.1) is 5.82 Å². The standard InChI is InChI=1S/C26H20FN7OS/c27-18-7-13-22(14-8-18)34-23(17-36-26-28-15-4-16-29-26)24(32-33-34)25(35)31-21-11-9-20(10-12-21)30-19-5-2-1-3-6-19/h1-16,30H,17H2,(H,31,35). The van der Waals surface area contributed by atoms with Crippen LogP contribution in [0.25, 0.3) is 5.69 Å². The number of para-hydroxylation sites is 1. The number of carbonyl (C=O) groups is 1. The summed E-state index contributed by atoms with van der Waals surface area (Å²) in [6.45, 7) is 0. The van der Waals surface area contributed by atoms with E-state index in [0.717, 1.165) is 11.4 Å². The van der Waals surface area contributed by atoms with E-state index in [1.54, 1.807) is 42.7 Å². The number of benzene rings is 3. The molecule has 10 heteroatoms. The zero-order chi connectivity index (χ0) is 24.7. The lowest BCUT2D eigenvalue weighted by atomic mass is 10.2. The molecule has 0 fully saturated rings. The molecule has 0 aliphatic carbocycles. The highest BCUT2D eigenvalue weighted by Crippen LogP contribution is 2.24. The Bertz CT molecular complexity index is 1440. The molecule has 5 rings (SSSR count). The minimum absolute atomic E-state index is 0.161. The van der Waals surface area contributed by atoms with Crippen molar-refractivity contribution in [3.63, 3.8) is 0 Å². The molecule has 3 aromatic carbocycles. The third kappa shape index (κ3) is 5.56. The second-order valence-electron chi connectivity index (χ2n) is 7.62. The minimum Gasteiger partial charge on any atom is -0.356 e. The van der Waals surface area contributed by atoms with Crippen molar-refractivity contribution in [3.8, 4) is 5.69 Å². The molecule has 2 aromatic heterocycles. The van der Waals surface area contributed by atoms with E-state index in [1.165, 1.54) is 28.6 Å². The molecule has 178 valence electrons. The number of thioether (sulfide) groups is 1. The first kappa shape index (κ1) is 23.2. The van der Waals surface area contributed by atoms with E-state index in [1.807, 2.05) is 42.5 Å². The molecule has 0 aliphatic rings. The smallest absolute Gasteiger partial charge is 0.278 e. The summed E-state index contributed by atoms with van der Waals surface area (Å²) in [6.07, 6.45) is 3.30. The Hall–Kier alpha value is -4.57. The van der Waals surface area contributed by atoms with Crippen molar-refractivity contribution < 1.29 is 9.18 Å². The number of anilines is 3. The molecule has 8 nitrogen and oxygen atoms in total. The highest BCUT2D eigenvalue weighted by atomic mass is 32.2. The summed E-state index contributed by atoms with van der Waals surface area (Å²) in [5.74, 6) is -0.441. The molecule has 2 N–H and O–H groups in total. The zero-order valence-electron chi connectivity index (χ0n) is 18.9. The predicted molar refractivity (Wildman–Crippen MR) is 137 cm³/mol. The van der Waals surface area contributed by atoms with E-state index in [9.17, 15) is 9.18 Å². The van der Waals surface area contributed by atoms with Crippen LogP contribution >= 0.6 is 11.8 Å². The first-order valence-electron chi connectivity index (χ1n) is 11.0. The maximum atomic E-state index is 13.5. The molecular formula is C26H20FN7OS. The molecule has 0 radical (unpaired) electrons. The van der Waals surface area contributed by atoms with Crippen LogP contribution in [0.15, 0.2) is 102 Å². The number of nitrogens with one attached hydrogen (secondary N) is 2. The normalized spacial score (nSPS) is 10.7. The van der Waals surface area contributed by atoms with Gasteiger partial charge in [0.1, 0.15) is 5.82 Å². The van der Waals surface area contributed by atoms with Crippen molar-refractivity contribution in [1.29, 1.82) is 0 Å². The van der Waals surface area contributed by atoms with E-state index < -0.39 is 5.91 Å². The largest absolute Gasteiger partial charge is 0.356 e. The van der Waals surface area contributed by atoms with Crippen LogP contribution in [-0.2, 0) is 5.75 Å². The molecule has 5 aromatic rings. The maximum Gasteiger partial charge on any atom is 0.278 e. The topological polar surface area (TPSA) is 97.6 Å². The summed E-state index contributed by atoms with van der Waals surface area (Å²) in [5.41, 5.74) is 3.76. The second kappa shape index (κ2) is 10.8. The Morgan fingerprint density at radius 3 is 2.22 bits per heavy atom. The molecule has 2 heterocycles. The third-order valence-corrected chi connectivity index (χ3v) is 6.02. The van der Waals surface area contributed by atoms with Crippen LogP contribution in [-0.4, -0.2) is 30.9 Å². The molecule has 0 aliphatic heterocycles. The van der Waals surface area contributed by atoms with Gasteiger partial charge in [0, 0.05) is 35.2 Å². The highest BCUT2D eigenvalue weighted by molar-refractivity contribution is 7.98. The molecule has 1 amide bonds. The van der Waals surface area contributed by atoms with Gasteiger partial charge in [-0.25, -0.2) is 19.0 Å². The van der Waals surface area contributed by atoms with Gasteiger partial charge in [-0.1, -0.05) is 35.2 Å². The van der Waals surface area contributed by atoms with E-state index in [2.05, 4.69) is 30.9 Å². The lowest BCUT2D eigenvalue weighted by Crippen LogP contribution is -2.15. The maximum absolute atomic E-state index is 13.5. The zero-order valence-corrected chi connectivity index (χ0v) is 19.7. The molecule has 0 atom stereocenters. The fourth-order valence-electron chi connectivity index (χ4n) is 3.41. The van der Waals surface area contributed by atoms with Crippen LogP contribution < -0.4 is 10.6 Å². The van der Waals surface area contributed by atoms with E-state index in [0.29, 0.717) is 28.0 Å². The monoisotopic (exact) mass is 497 g/mol. The number of amides is 1. The quantitative estimate of drug-likeness (QED) is 0.216. The van der Waals surface area contributed by atoms with Crippen molar-refractivity contribution in [2.24, 2.45) is 0 Å². The van der Waals surface area contributed by atoms with Crippen molar-refractivity contribution >= 4 is 34.7 Å². The molecule has 0 saturated heterocycles. The minimum atomic E-state index is -0.406. The van der Waals surface area contributed by atoms with E-state index in [4.69, 9.17) is 0 Å². The number of nitrogens with zero attached hydrogens (tertiary/aromatic N) is 5. The Morgan fingerprint density at radius 2 is 1.50 bits per heavy atom. The Labute approximate surface area is 210 Å². The van der Waals surface area contributed by atoms with Gasteiger partial charge in [0.05, 0.1) is 11.4 Å². The molecule has 36 heavy (non-hydrogen) atoms. The van der Waals surface area contributed by atoms with Gasteiger partial charge in [-0.3, -0.25) is 4.79 Å². The first-order valence-corrected chi connectivity index (χ1v) is 12.0. The van der Waals surface area contributed by atoms with Crippen molar-refractivity contribution in [1.82, 2.24) is 25.0 Å². The number of halogens is 1. The number of carbonyl (C=O) groups excluding carboxylic acids is 1. The lowest BCUT2D eigenvalue weighted by Gasteiger charge is -2.10. The predicted octanol–water partition coefficient (Wildman–Crippen LogP) is 5.48. The van der Waals surface area contributed by atoms with Crippen molar-refractivity contribution in [2.75, 3.05) is 10.6 Å². The van der Waals surface area contributed by atoms with Crippen LogP contribution in [0.4, 0.5) is 21.5 Å². The molecule has 0 bridgehead atoms. The summed E-state index contributed by atoms with van der Waals surface area (Å²) < 4.78 is 15.0. The molecule has 0 unspecified atom stereocenters. The lowest BCUT2D eigenvalue weighted by molar-refractivity contribution is 0.102. The van der Waals surface area contributed by atoms with Gasteiger partial charge in [-0.15, -0.1) is 5.10 Å². The van der Waals surface area contributed by atoms with Gasteiger partial charge < -0.3 is 10.6 Å². The summed E-state index contributed by atoms with van der Waals surface area (Å²) in [4.78, 5) is 21.6. The third-order valence-electron chi connectivity index (χ3n) is 5.13. The van der Waals surface area contributed by atoms with Gasteiger partial charge >= 0.3 is 0 Å². The van der Waals surface area contributed by atoms with Crippen molar-refractivity contribution in [3.05, 3.63) is 115 Å². The fraction of sp³-hybridized carbons (Fsp3) is 0.0385. The number of aromatic nitrogens is 5. The van der Waals surface area contributed by atoms with Gasteiger partial charge in [0.25, 0.3) is 5.91 Å².